The Kier molecular flexibility index (Phi) is 20.3. The van der Waals surface area contributed by atoms with Gasteiger partial charge in [0.15, 0.2) is 5.69 Å². The number of carbonyl (C=O) groups excluding carboxylic acids is 3. The highest BCUT2D eigenvalue weighted by Gasteiger charge is 2.39. The number of carbonyl (C=O) groups is 6. The van der Waals surface area contributed by atoms with Crippen molar-refractivity contribution in [3.63, 3.8) is 0 Å². The monoisotopic (exact) mass is 1190 g/mol. The van der Waals surface area contributed by atoms with Crippen LogP contribution in [0, 0.1) is 0 Å². The Morgan fingerprint density at radius 1 is 0.687 bits per heavy atom. The van der Waals surface area contributed by atoms with Crippen LogP contribution in [0.15, 0.2) is 64.2 Å². The van der Waals surface area contributed by atoms with E-state index in [4.69, 9.17) is 42.5 Å². The Morgan fingerprint density at radius 3 is 1.78 bits per heavy atom. The molecule has 5 aromatic rings. The van der Waals surface area contributed by atoms with E-state index in [0.717, 1.165) is 0 Å². The molecule has 0 radical (unpaired) electrons. The number of nitrogens with one attached hydrogen (secondary N) is 5. The number of aliphatic carboxylic acids is 3. The standard InChI is InChI=1S/C55H66Cl2N12O14/c1-55(2)32-82-20-19-68(55)53(79)47-40-31-83-42-26-41(81-3)38(25-39(42)50(40)69(63-47)37-23-34(56)22-35(57)24-37)33-5-4-6-36(21-33)62-54(80)61-10-9-60-49-48(51(77)52(49)78)59-8-7-58-43(70)27-64-11-13-65(28-44(71)72)15-17-67(30-46(75)76)18-16-66(14-12-64)29-45(73)74/h4-6,21-26,59-60H,7-20,27-32H2,1-3H3,(H,58,70)(H,71,72)(H,73,74)(H,75,76)(H2,61,62,80). The van der Waals surface area contributed by atoms with Crippen molar-refractivity contribution in [1.29, 1.82) is 0 Å². The first-order valence-corrected chi connectivity index (χ1v) is 27.5. The van der Waals surface area contributed by atoms with Gasteiger partial charge in [-0.3, -0.25) is 53.2 Å². The molecule has 1 aromatic heterocycles. The molecular weight excluding hydrogens is 1120 g/mol. The summed E-state index contributed by atoms with van der Waals surface area (Å²) in [5.74, 6) is -2.93. The van der Waals surface area contributed by atoms with Crippen molar-refractivity contribution in [3.8, 4) is 39.6 Å². The number of morpholine rings is 1. The van der Waals surface area contributed by atoms with Crippen LogP contribution in [0.1, 0.15) is 29.9 Å². The van der Waals surface area contributed by atoms with E-state index in [1.54, 1.807) is 71.6 Å². The van der Waals surface area contributed by atoms with Crippen molar-refractivity contribution in [3.05, 3.63) is 96.3 Å². The zero-order chi connectivity index (χ0) is 59.5. The predicted octanol–water partition coefficient (Wildman–Crippen LogP) is 2.50. The number of halogens is 2. The molecule has 4 amide bonds. The van der Waals surface area contributed by atoms with Crippen LogP contribution in [0.4, 0.5) is 21.9 Å². The van der Waals surface area contributed by atoms with Gasteiger partial charge in [0.1, 0.15) is 29.5 Å². The molecule has 3 aliphatic rings. The molecule has 444 valence electrons. The van der Waals surface area contributed by atoms with Gasteiger partial charge >= 0.3 is 23.9 Å². The molecule has 3 aliphatic heterocycles. The van der Waals surface area contributed by atoms with Crippen LogP contribution in [0.2, 0.25) is 10.0 Å². The van der Waals surface area contributed by atoms with Crippen LogP contribution in [-0.4, -0.2) is 222 Å². The fourth-order valence-electron chi connectivity index (χ4n) is 10.1. The van der Waals surface area contributed by atoms with Crippen molar-refractivity contribution in [2.45, 2.75) is 26.0 Å². The summed E-state index contributed by atoms with van der Waals surface area (Å²) < 4.78 is 19.6. The molecule has 4 aromatic carbocycles. The van der Waals surface area contributed by atoms with Crippen molar-refractivity contribution in [1.82, 2.24) is 44.9 Å². The molecule has 0 atom stereocenters. The summed E-state index contributed by atoms with van der Waals surface area (Å²) in [6.07, 6.45) is 0. The van der Waals surface area contributed by atoms with Crippen LogP contribution in [0.5, 0.6) is 11.5 Å². The van der Waals surface area contributed by atoms with Gasteiger partial charge in [-0.05, 0) is 55.8 Å². The maximum atomic E-state index is 14.4. The summed E-state index contributed by atoms with van der Waals surface area (Å²) in [6.45, 7) is 6.18. The van der Waals surface area contributed by atoms with Crippen LogP contribution in [0.3, 0.4) is 0 Å². The molecule has 4 heterocycles. The average molecular weight is 1190 g/mol. The van der Waals surface area contributed by atoms with Crippen LogP contribution < -0.4 is 46.9 Å². The first-order valence-electron chi connectivity index (χ1n) is 26.8. The number of anilines is 3. The molecule has 8 rings (SSSR count). The largest absolute Gasteiger partial charge is 0.496 e. The minimum atomic E-state index is -1.07. The molecule has 2 fully saturated rings. The first kappa shape index (κ1) is 61.2. The number of carboxylic acids is 3. The molecule has 0 bridgehead atoms. The summed E-state index contributed by atoms with van der Waals surface area (Å²) in [5, 5.41) is 48.2. The van der Waals surface area contributed by atoms with Gasteiger partial charge in [0.25, 0.3) is 16.8 Å². The zero-order valence-electron chi connectivity index (χ0n) is 46.1. The number of ether oxygens (including phenoxy) is 3. The van der Waals surface area contributed by atoms with E-state index in [1.165, 1.54) is 7.11 Å². The van der Waals surface area contributed by atoms with Crippen molar-refractivity contribution in [2.24, 2.45) is 0 Å². The van der Waals surface area contributed by atoms with Gasteiger partial charge in [-0.1, -0.05) is 35.3 Å². The van der Waals surface area contributed by atoms with E-state index < -0.39 is 46.2 Å². The molecular formula is C55H66Cl2N12O14. The molecule has 2 saturated heterocycles. The third-order valence-corrected chi connectivity index (χ3v) is 14.7. The van der Waals surface area contributed by atoms with Gasteiger partial charge in [-0.15, -0.1) is 0 Å². The molecule has 0 saturated carbocycles. The Balaban J connectivity index is 0.859. The number of rotatable bonds is 21. The second kappa shape index (κ2) is 27.5. The fraction of sp³-hybridized carbons (Fsp3) is 0.436. The number of benzene rings is 3. The molecule has 26 nitrogen and oxygen atoms in total. The van der Waals surface area contributed by atoms with E-state index in [0.29, 0.717) is 80.6 Å². The van der Waals surface area contributed by atoms with Gasteiger partial charge in [0.2, 0.25) is 5.91 Å². The van der Waals surface area contributed by atoms with Gasteiger partial charge in [-0.2, -0.15) is 5.10 Å². The number of aromatic nitrogens is 2. The van der Waals surface area contributed by atoms with Crippen molar-refractivity contribution >= 4 is 76.0 Å². The van der Waals surface area contributed by atoms with E-state index in [9.17, 15) is 53.7 Å². The molecule has 83 heavy (non-hydrogen) atoms. The highest BCUT2D eigenvalue weighted by atomic mass is 35.5. The number of urea groups is 1. The lowest BCUT2D eigenvalue weighted by molar-refractivity contribution is -0.140. The predicted molar refractivity (Wildman–Crippen MR) is 308 cm³/mol. The number of fused-ring (bicyclic) bond motifs is 3. The second-order valence-electron chi connectivity index (χ2n) is 20.7. The summed E-state index contributed by atoms with van der Waals surface area (Å²) in [5.41, 5.74) is 2.17. The van der Waals surface area contributed by atoms with E-state index in [2.05, 4.69) is 26.6 Å². The lowest BCUT2D eigenvalue weighted by atomic mass is 9.95. The fourth-order valence-corrected chi connectivity index (χ4v) is 10.6. The van der Waals surface area contributed by atoms with Crippen LogP contribution in [0.25, 0.3) is 28.1 Å². The van der Waals surface area contributed by atoms with Gasteiger partial charge in [0, 0.05) is 124 Å². The number of nitrogens with zero attached hydrogens (tertiary/aromatic N) is 7. The quantitative estimate of drug-likeness (QED) is 0.0387. The average Bonchev–Trinajstić information content (AvgIpc) is 2.23. The van der Waals surface area contributed by atoms with Crippen molar-refractivity contribution in [2.75, 3.05) is 148 Å². The number of hydrogen-bond donors (Lipinski definition) is 8. The number of methoxy groups -OCH3 is 1. The summed E-state index contributed by atoms with van der Waals surface area (Å²) in [7, 11) is 1.53. The first-order chi connectivity index (χ1) is 39.7. The molecule has 28 heteroatoms. The maximum absolute atomic E-state index is 14.4. The third kappa shape index (κ3) is 15.6. The van der Waals surface area contributed by atoms with E-state index in [1.807, 2.05) is 26.0 Å². The topological polar surface area (TPSA) is 319 Å². The molecule has 0 aliphatic carbocycles. The van der Waals surface area contributed by atoms with Gasteiger partial charge < -0.3 is 61.0 Å². The Hall–Kier alpha value is -7.85. The molecule has 0 unspecified atom stereocenters. The van der Waals surface area contributed by atoms with E-state index in [-0.39, 0.29) is 134 Å². The van der Waals surface area contributed by atoms with Crippen LogP contribution >= 0.6 is 23.2 Å². The highest BCUT2D eigenvalue weighted by Crippen LogP contribution is 2.47. The normalized spacial score (nSPS) is 16.3. The lowest BCUT2D eigenvalue weighted by Crippen LogP contribution is -2.55. The summed E-state index contributed by atoms with van der Waals surface area (Å²) >= 11 is 13.0. The van der Waals surface area contributed by atoms with Crippen molar-refractivity contribution < 1.29 is 58.3 Å². The second-order valence-corrected chi connectivity index (χ2v) is 21.6. The summed E-state index contributed by atoms with van der Waals surface area (Å²) in [6, 6.07) is 15.2. The maximum Gasteiger partial charge on any atom is 0.319 e. The number of amides is 4. The minimum Gasteiger partial charge on any atom is -0.496 e. The smallest absolute Gasteiger partial charge is 0.319 e. The van der Waals surface area contributed by atoms with Crippen LogP contribution in [-0.2, 0) is 30.5 Å². The number of hydrogen-bond acceptors (Lipinski definition) is 18. The lowest BCUT2D eigenvalue weighted by Gasteiger charge is -2.41. The summed E-state index contributed by atoms with van der Waals surface area (Å²) in [4.78, 5) is 109. The highest BCUT2D eigenvalue weighted by molar-refractivity contribution is 6.34. The Labute approximate surface area is 486 Å². The molecule has 0 spiro atoms. The number of carboxylic acid groups (broad SMARTS) is 3. The Morgan fingerprint density at radius 2 is 1.24 bits per heavy atom. The minimum absolute atomic E-state index is 0.0252. The van der Waals surface area contributed by atoms with Gasteiger partial charge in [0.05, 0.1) is 63.4 Å². The van der Waals surface area contributed by atoms with Gasteiger partial charge in [-0.25, -0.2) is 9.48 Å². The molecule has 8 N–H and O–H groups in total. The zero-order valence-corrected chi connectivity index (χ0v) is 47.6. The third-order valence-electron chi connectivity index (χ3n) is 14.3. The van der Waals surface area contributed by atoms with E-state index >= 15 is 0 Å². The SMILES string of the molecule is COc1cc2c(cc1-c1cccc(NC(=O)NCCNc3c(NCCNC(=O)CN4CCN(CC(=O)O)CCN(CC(=O)O)CCN(CC(=O)O)CC4)c(=O)c3=O)c1)-c1c(c(C(=O)N3CCOCC3(C)C)nn1-c1cc(Cl)cc(Cl)c1)CO2. The Bertz CT molecular complexity index is 3260.